The van der Waals surface area contributed by atoms with Crippen molar-refractivity contribution in [2.75, 3.05) is 6.54 Å². The van der Waals surface area contributed by atoms with E-state index in [0.29, 0.717) is 19.4 Å². The SMILES string of the molecule is CCC[C@H](NC(=O)[C@@H]1[C@H]2CCC[C@H]2CN1C(=O)[C@@H](NC(=O)[C@@H](CC(=O)c1cnccn1)C1CCCCC1)C(C)(C)C)[C@H](O)C(=O)NC1CC1. The lowest BCUT2D eigenvalue weighted by Gasteiger charge is -2.38. The van der Waals surface area contributed by atoms with E-state index in [4.69, 9.17) is 0 Å². The Morgan fingerprint density at radius 3 is 2.31 bits per heavy atom. The number of hydrogen-bond donors (Lipinski definition) is 4. The highest BCUT2D eigenvalue weighted by Gasteiger charge is 2.52. The van der Waals surface area contributed by atoms with Gasteiger partial charge >= 0.3 is 0 Å². The molecule has 1 aliphatic heterocycles. The average molecular weight is 681 g/mol. The minimum atomic E-state index is -1.39. The molecule has 49 heavy (non-hydrogen) atoms. The van der Waals surface area contributed by atoms with Crippen molar-refractivity contribution in [2.45, 2.75) is 141 Å². The first-order valence-electron chi connectivity index (χ1n) is 18.6. The summed E-state index contributed by atoms with van der Waals surface area (Å²) in [6.07, 6.45) is 13.2. The number of Topliss-reactive ketones (excluding diaryl/α,β-unsaturated/α-hetero) is 1. The molecule has 4 fully saturated rings. The normalized spacial score (nSPS) is 25.1. The van der Waals surface area contributed by atoms with Gasteiger partial charge in [-0.2, -0.15) is 0 Å². The molecular formula is C37H56N6O6. The molecule has 1 aromatic heterocycles. The summed E-state index contributed by atoms with van der Waals surface area (Å²) in [7, 11) is 0. The van der Waals surface area contributed by atoms with E-state index >= 15 is 0 Å². The molecule has 12 nitrogen and oxygen atoms in total. The summed E-state index contributed by atoms with van der Waals surface area (Å²) in [6.45, 7) is 8.03. The number of aliphatic hydroxyl groups is 1. The molecule has 5 rings (SSSR count). The van der Waals surface area contributed by atoms with Crippen molar-refractivity contribution >= 4 is 29.4 Å². The van der Waals surface area contributed by atoms with E-state index in [1.54, 1.807) is 4.90 Å². The number of carbonyl (C=O) groups is 5. The number of hydrogen-bond acceptors (Lipinski definition) is 8. The van der Waals surface area contributed by atoms with E-state index in [9.17, 15) is 29.1 Å². The molecule has 1 saturated heterocycles. The Kier molecular flexibility index (Phi) is 12.1. The molecule has 3 aliphatic carbocycles. The smallest absolute Gasteiger partial charge is 0.251 e. The second-order valence-corrected chi connectivity index (χ2v) is 16.0. The average Bonchev–Trinajstić information content (AvgIpc) is 3.65. The van der Waals surface area contributed by atoms with Gasteiger partial charge in [-0.1, -0.05) is 59.8 Å². The minimum absolute atomic E-state index is 0.00815. The lowest BCUT2D eigenvalue weighted by atomic mass is 9.76. The topological polar surface area (TPSA) is 171 Å². The third-order valence-corrected chi connectivity index (χ3v) is 11.2. The van der Waals surface area contributed by atoms with Crippen molar-refractivity contribution in [1.29, 1.82) is 0 Å². The van der Waals surface area contributed by atoms with Crippen molar-refractivity contribution in [1.82, 2.24) is 30.8 Å². The summed E-state index contributed by atoms with van der Waals surface area (Å²) in [6, 6.07) is -2.41. The van der Waals surface area contributed by atoms with Gasteiger partial charge in [0.05, 0.1) is 12.2 Å². The Hall–Kier alpha value is -3.41. The molecule has 7 atom stereocenters. The van der Waals surface area contributed by atoms with Crippen LogP contribution in [-0.2, 0) is 19.2 Å². The number of nitrogens with one attached hydrogen (secondary N) is 3. The molecule has 4 N–H and O–H groups in total. The number of fused-ring (bicyclic) bond motifs is 1. The molecule has 0 spiro atoms. The van der Waals surface area contributed by atoms with Crippen molar-refractivity contribution in [3.63, 3.8) is 0 Å². The zero-order valence-electron chi connectivity index (χ0n) is 29.7. The Labute approximate surface area is 290 Å². The Morgan fingerprint density at radius 1 is 0.939 bits per heavy atom. The second-order valence-electron chi connectivity index (χ2n) is 16.0. The number of rotatable bonds is 14. The molecule has 1 aromatic rings. The van der Waals surface area contributed by atoms with Crippen LogP contribution in [-0.4, -0.2) is 86.2 Å². The van der Waals surface area contributed by atoms with Gasteiger partial charge < -0.3 is 26.0 Å². The molecule has 0 unspecified atom stereocenters. The fraction of sp³-hybridized carbons (Fsp3) is 0.757. The van der Waals surface area contributed by atoms with Gasteiger partial charge in [0.1, 0.15) is 17.8 Å². The van der Waals surface area contributed by atoms with E-state index in [2.05, 4.69) is 25.9 Å². The number of nitrogens with zero attached hydrogens (tertiary/aromatic N) is 3. The lowest BCUT2D eigenvalue weighted by Crippen LogP contribution is -2.61. The van der Waals surface area contributed by atoms with Crippen LogP contribution < -0.4 is 16.0 Å². The van der Waals surface area contributed by atoms with Crippen LogP contribution in [0.2, 0.25) is 0 Å². The van der Waals surface area contributed by atoms with Crippen LogP contribution in [0.5, 0.6) is 0 Å². The van der Waals surface area contributed by atoms with Crippen molar-refractivity contribution < 1.29 is 29.1 Å². The molecule has 4 amide bonds. The summed E-state index contributed by atoms with van der Waals surface area (Å²) in [5.74, 6) is -2.26. The number of carbonyl (C=O) groups excluding carboxylic acids is 5. The highest BCUT2D eigenvalue weighted by molar-refractivity contribution is 5.98. The van der Waals surface area contributed by atoms with Crippen molar-refractivity contribution in [3.05, 3.63) is 24.3 Å². The van der Waals surface area contributed by atoms with Crippen molar-refractivity contribution in [3.8, 4) is 0 Å². The summed E-state index contributed by atoms with van der Waals surface area (Å²) < 4.78 is 0. The predicted octanol–water partition coefficient (Wildman–Crippen LogP) is 3.33. The fourth-order valence-corrected chi connectivity index (χ4v) is 8.27. The van der Waals surface area contributed by atoms with Crippen LogP contribution in [0.25, 0.3) is 0 Å². The Balaban J connectivity index is 1.35. The summed E-state index contributed by atoms with van der Waals surface area (Å²) >= 11 is 0. The first-order valence-corrected chi connectivity index (χ1v) is 18.6. The number of likely N-dealkylation sites (tertiary alicyclic amines) is 1. The van der Waals surface area contributed by atoms with Gasteiger partial charge in [0.2, 0.25) is 17.7 Å². The molecule has 3 saturated carbocycles. The second kappa shape index (κ2) is 16.1. The van der Waals surface area contributed by atoms with E-state index in [1.807, 2.05) is 27.7 Å². The van der Waals surface area contributed by atoms with Gasteiger partial charge in [-0.15, -0.1) is 0 Å². The predicted molar refractivity (Wildman–Crippen MR) is 183 cm³/mol. The van der Waals surface area contributed by atoms with Crippen LogP contribution in [0.3, 0.4) is 0 Å². The minimum Gasteiger partial charge on any atom is -0.381 e. The lowest BCUT2D eigenvalue weighted by molar-refractivity contribution is -0.146. The van der Waals surface area contributed by atoms with E-state index < -0.39 is 41.5 Å². The maximum Gasteiger partial charge on any atom is 0.251 e. The Bertz CT molecular complexity index is 1340. The monoisotopic (exact) mass is 680 g/mol. The molecule has 0 radical (unpaired) electrons. The van der Waals surface area contributed by atoms with Gasteiger partial charge in [0.15, 0.2) is 11.9 Å². The number of aliphatic hydroxyl groups excluding tert-OH is 1. The van der Waals surface area contributed by atoms with Crippen molar-refractivity contribution in [2.24, 2.45) is 29.1 Å². The van der Waals surface area contributed by atoms with Gasteiger partial charge in [-0.25, -0.2) is 4.98 Å². The maximum absolute atomic E-state index is 14.6. The van der Waals surface area contributed by atoms with Crippen LogP contribution in [0.4, 0.5) is 0 Å². The summed E-state index contributed by atoms with van der Waals surface area (Å²) in [5, 5.41) is 19.8. The molecular weight excluding hydrogens is 624 g/mol. The van der Waals surface area contributed by atoms with Gasteiger partial charge in [0.25, 0.3) is 5.91 Å². The molecule has 2 heterocycles. The largest absolute Gasteiger partial charge is 0.381 e. The molecule has 12 heteroatoms. The Morgan fingerprint density at radius 2 is 1.67 bits per heavy atom. The zero-order valence-corrected chi connectivity index (χ0v) is 29.7. The molecule has 0 aromatic carbocycles. The number of amides is 4. The van der Waals surface area contributed by atoms with Crippen LogP contribution in [0, 0.1) is 29.1 Å². The summed E-state index contributed by atoms with van der Waals surface area (Å²) in [4.78, 5) is 78.8. The zero-order chi connectivity index (χ0) is 35.3. The highest BCUT2D eigenvalue weighted by atomic mass is 16.3. The summed E-state index contributed by atoms with van der Waals surface area (Å²) in [5.41, 5.74) is -0.479. The van der Waals surface area contributed by atoms with Gasteiger partial charge in [-0.3, -0.25) is 29.0 Å². The van der Waals surface area contributed by atoms with Gasteiger partial charge in [0, 0.05) is 37.3 Å². The van der Waals surface area contributed by atoms with Gasteiger partial charge in [-0.05, 0) is 68.1 Å². The third kappa shape index (κ3) is 9.04. The highest BCUT2D eigenvalue weighted by Crippen LogP contribution is 2.43. The third-order valence-electron chi connectivity index (χ3n) is 11.2. The van der Waals surface area contributed by atoms with Crippen LogP contribution in [0.15, 0.2) is 18.6 Å². The van der Waals surface area contributed by atoms with E-state index in [0.717, 1.165) is 64.2 Å². The van der Waals surface area contributed by atoms with E-state index in [-0.39, 0.29) is 59.4 Å². The molecule has 0 bridgehead atoms. The maximum atomic E-state index is 14.6. The quantitative estimate of drug-likeness (QED) is 0.217. The number of ketones is 1. The molecule has 4 aliphatic rings. The fourth-order valence-electron chi connectivity index (χ4n) is 8.27. The first-order chi connectivity index (χ1) is 23.4. The number of aromatic nitrogens is 2. The first kappa shape index (κ1) is 36.9. The standard InChI is InChI=1S/C37H56N6O6/c1-5-10-27(31(45)35(48)40-24-15-16-24)41-34(47)30-25-14-9-13-23(25)21-43(30)36(49)32(37(2,3)4)42-33(46)26(22-11-7-6-8-12-22)19-29(44)28-20-38-17-18-39-28/h17-18,20,22-27,30-32,45H,5-16,19,21H2,1-4H3,(H,40,48)(H,41,47)(H,42,46)/t23-,25-,26-,27-,30-,31-,32+/m0/s1. The molecule has 270 valence electrons. The van der Waals surface area contributed by atoms with Crippen LogP contribution >= 0.6 is 0 Å². The van der Waals surface area contributed by atoms with Crippen LogP contribution in [0.1, 0.15) is 122 Å². The van der Waals surface area contributed by atoms with E-state index in [1.165, 1.54) is 18.6 Å².